The van der Waals surface area contributed by atoms with E-state index in [1.54, 1.807) is 6.07 Å². The summed E-state index contributed by atoms with van der Waals surface area (Å²) in [6.07, 6.45) is 6.91. The van der Waals surface area contributed by atoms with Gasteiger partial charge in [-0.05, 0) is 30.4 Å². The fraction of sp³-hybridized carbons (Fsp3) is 0.615. The minimum absolute atomic E-state index is 0.228. The quantitative estimate of drug-likeness (QED) is 0.819. The van der Waals surface area contributed by atoms with Crippen LogP contribution in [-0.2, 0) is 6.54 Å². The average molecular weight is 220 g/mol. The Balaban J connectivity index is 1.77. The molecule has 2 N–H and O–H groups in total. The third kappa shape index (κ3) is 2.95. The van der Waals surface area contributed by atoms with Crippen LogP contribution < -0.4 is 5.32 Å². The van der Waals surface area contributed by atoms with Crippen LogP contribution in [0, 0.1) is 5.41 Å². The topological polar surface area (TPSA) is 45.1 Å². The molecule has 0 saturated heterocycles. The highest BCUT2D eigenvalue weighted by atomic mass is 16.3. The normalized spacial score (nSPS) is 18.8. The van der Waals surface area contributed by atoms with Gasteiger partial charge in [0.25, 0.3) is 0 Å². The molecule has 0 amide bonds. The number of aromatic nitrogens is 1. The number of hydrogen-bond donors (Lipinski definition) is 2. The first kappa shape index (κ1) is 11.4. The number of aromatic hydroxyl groups is 1. The summed E-state index contributed by atoms with van der Waals surface area (Å²) in [4.78, 5) is 4.15. The third-order valence-corrected chi connectivity index (χ3v) is 3.48. The highest BCUT2D eigenvalue weighted by molar-refractivity contribution is 5.17. The molecule has 88 valence electrons. The zero-order chi connectivity index (χ0) is 11.4. The number of rotatable bonds is 4. The SMILES string of the molecule is CC1(CNCc2ccc(O)cn2)CCCC1. The van der Waals surface area contributed by atoms with Gasteiger partial charge in [-0.1, -0.05) is 19.8 Å². The van der Waals surface area contributed by atoms with Gasteiger partial charge < -0.3 is 10.4 Å². The van der Waals surface area contributed by atoms with Crippen LogP contribution in [0.2, 0.25) is 0 Å². The van der Waals surface area contributed by atoms with Gasteiger partial charge in [0.2, 0.25) is 0 Å². The van der Waals surface area contributed by atoms with Crippen LogP contribution in [-0.4, -0.2) is 16.6 Å². The molecule has 1 aliphatic rings. The van der Waals surface area contributed by atoms with E-state index in [4.69, 9.17) is 5.11 Å². The lowest BCUT2D eigenvalue weighted by Crippen LogP contribution is -2.29. The molecule has 0 aliphatic heterocycles. The lowest BCUT2D eigenvalue weighted by molar-refractivity contribution is 0.314. The molecule has 1 fully saturated rings. The Morgan fingerprint density at radius 1 is 1.38 bits per heavy atom. The van der Waals surface area contributed by atoms with Gasteiger partial charge in [-0.15, -0.1) is 0 Å². The first-order valence-corrected chi connectivity index (χ1v) is 6.03. The van der Waals surface area contributed by atoms with Crippen LogP contribution in [0.1, 0.15) is 38.3 Å². The number of nitrogens with one attached hydrogen (secondary N) is 1. The molecule has 16 heavy (non-hydrogen) atoms. The maximum Gasteiger partial charge on any atom is 0.133 e. The van der Waals surface area contributed by atoms with Crippen LogP contribution in [0.5, 0.6) is 5.75 Å². The lowest BCUT2D eigenvalue weighted by atomic mass is 9.89. The Morgan fingerprint density at radius 3 is 2.75 bits per heavy atom. The second-order valence-corrected chi connectivity index (χ2v) is 5.13. The largest absolute Gasteiger partial charge is 0.506 e. The predicted molar refractivity (Wildman–Crippen MR) is 64.2 cm³/mol. The van der Waals surface area contributed by atoms with Crippen LogP contribution >= 0.6 is 0 Å². The molecular formula is C13H20N2O. The number of nitrogens with zero attached hydrogens (tertiary/aromatic N) is 1. The maximum atomic E-state index is 9.11. The van der Waals surface area contributed by atoms with E-state index in [0.29, 0.717) is 5.41 Å². The minimum atomic E-state index is 0.228. The molecule has 1 aliphatic carbocycles. The smallest absolute Gasteiger partial charge is 0.133 e. The molecular weight excluding hydrogens is 200 g/mol. The second kappa shape index (κ2) is 4.83. The van der Waals surface area contributed by atoms with Crippen molar-refractivity contribution in [1.82, 2.24) is 10.3 Å². The average Bonchev–Trinajstić information content (AvgIpc) is 2.69. The van der Waals surface area contributed by atoms with Crippen molar-refractivity contribution in [2.24, 2.45) is 5.41 Å². The van der Waals surface area contributed by atoms with Crippen LogP contribution in [0.3, 0.4) is 0 Å². The van der Waals surface area contributed by atoms with Crippen LogP contribution in [0.4, 0.5) is 0 Å². The molecule has 1 saturated carbocycles. The second-order valence-electron chi connectivity index (χ2n) is 5.13. The van der Waals surface area contributed by atoms with Gasteiger partial charge in [0, 0.05) is 13.1 Å². The van der Waals surface area contributed by atoms with Gasteiger partial charge in [0.05, 0.1) is 11.9 Å². The van der Waals surface area contributed by atoms with Gasteiger partial charge in [0.1, 0.15) is 5.75 Å². The summed E-state index contributed by atoms with van der Waals surface area (Å²) < 4.78 is 0. The molecule has 2 rings (SSSR count). The summed E-state index contributed by atoms with van der Waals surface area (Å²) in [7, 11) is 0. The zero-order valence-electron chi connectivity index (χ0n) is 9.87. The van der Waals surface area contributed by atoms with Crippen molar-refractivity contribution in [3.05, 3.63) is 24.0 Å². The number of hydrogen-bond acceptors (Lipinski definition) is 3. The molecule has 0 bridgehead atoms. The van der Waals surface area contributed by atoms with Crippen LogP contribution in [0.25, 0.3) is 0 Å². The van der Waals surface area contributed by atoms with E-state index >= 15 is 0 Å². The Kier molecular flexibility index (Phi) is 3.44. The van der Waals surface area contributed by atoms with Crippen molar-refractivity contribution < 1.29 is 5.11 Å². The minimum Gasteiger partial charge on any atom is -0.506 e. The third-order valence-electron chi connectivity index (χ3n) is 3.48. The first-order valence-electron chi connectivity index (χ1n) is 6.03. The lowest BCUT2D eigenvalue weighted by Gasteiger charge is -2.23. The monoisotopic (exact) mass is 220 g/mol. The summed E-state index contributed by atoms with van der Waals surface area (Å²) in [6.45, 7) is 4.21. The van der Waals surface area contributed by atoms with Crippen molar-refractivity contribution >= 4 is 0 Å². The highest BCUT2D eigenvalue weighted by Gasteiger charge is 2.27. The first-order chi connectivity index (χ1) is 7.68. The summed E-state index contributed by atoms with van der Waals surface area (Å²) in [6, 6.07) is 3.54. The molecule has 1 aromatic heterocycles. The molecule has 0 unspecified atom stereocenters. The van der Waals surface area contributed by atoms with E-state index in [-0.39, 0.29) is 5.75 Å². The predicted octanol–water partition coefficient (Wildman–Crippen LogP) is 2.46. The Labute approximate surface area is 96.9 Å². The summed E-state index contributed by atoms with van der Waals surface area (Å²) in [5, 5.41) is 12.6. The van der Waals surface area contributed by atoms with E-state index in [0.717, 1.165) is 18.8 Å². The molecule has 0 spiro atoms. The molecule has 3 nitrogen and oxygen atoms in total. The van der Waals surface area contributed by atoms with E-state index < -0.39 is 0 Å². The van der Waals surface area contributed by atoms with E-state index in [9.17, 15) is 0 Å². The van der Waals surface area contributed by atoms with E-state index in [1.807, 2.05) is 6.07 Å². The summed E-state index contributed by atoms with van der Waals surface area (Å²) >= 11 is 0. The van der Waals surface area contributed by atoms with Crippen molar-refractivity contribution in [2.75, 3.05) is 6.54 Å². The molecule has 1 heterocycles. The van der Waals surface area contributed by atoms with Gasteiger partial charge in [0.15, 0.2) is 0 Å². The Morgan fingerprint density at radius 2 is 2.12 bits per heavy atom. The van der Waals surface area contributed by atoms with Crippen molar-refractivity contribution in [2.45, 2.75) is 39.2 Å². The molecule has 3 heteroatoms. The van der Waals surface area contributed by atoms with Gasteiger partial charge in [-0.3, -0.25) is 4.98 Å². The molecule has 0 radical (unpaired) electrons. The van der Waals surface area contributed by atoms with E-state index in [2.05, 4.69) is 17.2 Å². The van der Waals surface area contributed by atoms with Gasteiger partial charge >= 0.3 is 0 Å². The Bertz CT molecular complexity index is 328. The molecule has 0 atom stereocenters. The van der Waals surface area contributed by atoms with Gasteiger partial charge in [-0.2, -0.15) is 0 Å². The zero-order valence-corrected chi connectivity index (χ0v) is 9.87. The van der Waals surface area contributed by atoms with Crippen molar-refractivity contribution in [3.63, 3.8) is 0 Å². The number of pyridine rings is 1. The van der Waals surface area contributed by atoms with Crippen LogP contribution in [0.15, 0.2) is 18.3 Å². The van der Waals surface area contributed by atoms with Gasteiger partial charge in [-0.25, -0.2) is 0 Å². The Hall–Kier alpha value is -1.09. The fourth-order valence-corrected chi connectivity index (χ4v) is 2.42. The standard InChI is InChI=1S/C13H20N2O/c1-13(6-2-3-7-13)10-14-8-11-4-5-12(16)9-15-11/h4-5,9,14,16H,2-3,6-8,10H2,1H3. The van der Waals surface area contributed by atoms with E-state index in [1.165, 1.54) is 31.9 Å². The molecule has 0 aromatic carbocycles. The summed E-state index contributed by atoms with van der Waals surface area (Å²) in [5.41, 5.74) is 1.47. The highest BCUT2D eigenvalue weighted by Crippen LogP contribution is 2.36. The molecule has 1 aromatic rings. The van der Waals surface area contributed by atoms with Crippen molar-refractivity contribution in [1.29, 1.82) is 0 Å². The maximum absolute atomic E-state index is 9.11. The fourth-order valence-electron chi connectivity index (χ4n) is 2.42. The summed E-state index contributed by atoms with van der Waals surface area (Å²) in [5.74, 6) is 0.228. The van der Waals surface area contributed by atoms with Crippen molar-refractivity contribution in [3.8, 4) is 5.75 Å².